The highest BCUT2D eigenvalue weighted by atomic mass is 16.5. The Morgan fingerprint density at radius 2 is 2.47 bits per heavy atom. The van der Waals surface area contributed by atoms with E-state index in [1.807, 2.05) is 18.2 Å². The Labute approximate surface area is 108 Å². The van der Waals surface area contributed by atoms with Gasteiger partial charge in [0.1, 0.15) is 11.6 Å². The molecule has 1 aromatic carbocycles. The predicted molar refractivity (Wildman–Crippen MR) is 66.4 cm³/mol. The summed E-state index contributed by atoms with van der Waals surface area (Å²) in [4.78, 5) is 11.2. The van der Waals surface area contributed by atoms with E-state index in [0.29, 0.717) is 6.54 Å². The van der Waals surface area contributed by atoms with E-state index in [9.17, 15) is 4.79 Å². The van der Waals surface area contributed by atoms with Crippen molar-refractivity contribution >= 4 is 17.0 Å². The number of methoxy groups -OCH3 is 1. The van der Waals surface area contributed by atoms with Gasteiger partial charge in [0.05, 0.1) is 12.6 Å². The molecule has 0 bridgehead atoms. The van der Waals surface area contributed by atoms with Gasteiger partial charge in [0.25, 0.3) is 0 Å². The van der Waals surface area contributed by atoms with Crippen LogP contribution >= 0.6 is 0 Å². The van der Waals surface area contributed by atoms with Crippen molar-refractivity contribution in [1.29, 1.82) is 5.26 Å². The molecule has 0 aliphatic carbocycles. The second-order valence-corrected chi connectivity index (χ2v) is 3.67. The number of nitrogens with zero attached hydrogens (tertiary/aromatic N) is 3. The molecule has 0 spiro atoms. The highest BCUT2D eigenvalue weighted by Gasteiger charge is 2.08. The van der Waals surface area contributed by atoms with E-state index >= 15 is 0 Å². The number of benzene rings is 1. The van der Waals surface area contributed by atoms with Crippen molar-refractivity contribution in [3.8, 4) is 6.07 Å². The quantitative estimate of drug-likeness (QED) is 0.473. The molecule has 0 fully saturated rings. The molecule has 1 heterocycles. The molecular formula is C12H11N5O2. The summed E-state index contributed by atoms with van der Waals surface area (Å²) >= 11 is 0. The largest absolute Gasteiger partial charge is 0.465 e. The molecule has 0 saturated carbocycles. The molecule has 1 aromatic heterocycles. The molecule has 0 unspecified atom stereocenters. The maximum absolute atomic E-state index is 11.2. The first-order chi connectivity index (χ1) is 9.26. The predicted octanol–water partition coefficient (Wildman–Crippen LogP) is 0.628. The van der Waals surface area contributed by atoms with Crippen LogP contribution in [0.2, 0.25) is 0 Å². The van der Waals surface area contributed by atoms with Crippen LogP contribution in [0.25, 0.3) is 11.0 Å². The number of ether oxygens (including phenoxy) is 1. The van der Waals surface area contributed by atoms with E-state index in [1.165, 1.54) is 13.3 Å². The van der Waals surface area contributed by atoms with Crippen LogP contribution in [0.5, 0.6) is 0 Å². The number of fused-ring (bicyclic) bond motifs is 1. The maximum atomic E-state index is 11.2. The number of aromatic nitrogens is 3. The molecule has 0 saturated heterocycles. The van der Waals surface area contributed by atoms with E-state index in [1.54, 1.807) is 6.07 Å². The molecule has 19 heavy (non-hydrogen) atoms. The number of hydrogen-bond donors (Lipinski definition) is 2. The Hall–Kier alpha value is -2.88. The van der Waals surface area contributed by atoms with Crippen LogP contribution in [0.1, 0.15) is 5.56 Å². The van der Waals surface area contributed by atoms with Gasteiger partial charge in [-0.1, -0.05) is 17.3 Å². The molecule has 0 aliphatic heterocycles. The SMILES string of the molecule is COC(=O)C(C#N)=CNCc1cccc2[nH]nnc12. The molecule has 2 N–H and O–H groups in total. The molecule has 0 atom stereocenters. The van der Waals surface area contributed by atoms with Gasteiger partial charge in [-0.25, -0.2) is 4.79 Å². The molecule has 7 nitrogen and oxygen atoms in total. The van der Waals surface area contributed by atoms with Crippen molar-refractivity contribution < 1.29 is 9.53 Å². The Bertz CT molecular complexity index is 668. The summed E-state index contributed by atoms with van der Waals surface area (Å²) in [6.45, 7) is 0.423. The van der Waals surface area contributed by atoms with Crippen molar-refractivity contribution in [3.05, 3.63) is 35.5 Å². The first kappa shape index (κ1) is 12.6. The van der Waals surface area contributed by atoms with Crippen LogP contribution in [-0.4, -0.2) is 28.5 Å². The summed E-state index contributed by atoms with van der Waals surface area (Å²) in [5, 5.41) is 22.1. The van der Waals surface area contributed by atoms with Crippen LogP contribution in [-0.2, 0) is 16.1 Å². The number of nitriles is 1. The number of esters is 1. The number of hydrogen-bond acceptors (Lipinski definition) is 6. The summed E-state index contributed by atoms with van der Waals surface area (Å²) < 4.78 is 4.47. The zero-order chi connectivity index (χ0) is 13.7. The highest BCUT2D eigenvalue weighted by molar-refractivity contribution is 5.92. The molecule has 96 valence electrons. The monoisotopic (exact) mass is 257 g/mol. The molecule has 0 radical (unpaired) electrons. The van der Waals surface area contributed by atoms with Gasteiger partial charge in [0.15, 0.2) is 5.57 Å². The van der Waals surface area contributed by atoms with Crippen molar-refractivity contribution in [2.45, 2.75) is 6.54 Å². The van der Waals surface area contributed by atoms with Crippen LogP contribution in [0.4, 0.5) is 0 Å². The smallest absolute Gasteiger partial charge is 0.350 e. The average Bonchev–Trinajstić information content (AvgIpc) is 2.92. The summed E-state index contributed by atoms with van der Waals surface area (Å²) in [7, 11) is 1.23. The van der Waals surface area contributed by atoms with E-state index in [2.05, 4.69) is 25.5 Å². The van der Waals surface area contributed by atoms with Gasteiger partial charge in [-0.3, -0.25) is 5.10 Å². The number of rotatable bonds is 4. The summed E-state index contributed by atoms with van der Waals surface area (Å²) in [5.41, 5.74) is 2.40. The minimum absolute atomic E-state index is 0.0881. The summed E-state index contributed by atoms with van der Waals surface area (Å²) in [6.07, 6.45) is 1.32. The number of H-pyrrole nitrogens is 1. The first-order valence-electron chi connectivity index (χ1n) is 5.47. The summed E-state index contributed by atoms with van der Waals surface area (Å²) in [6, 6.07) is 7.38. The van der Waals surface area contributed by atoms with E-state index in [4.69, 9.17) is 5.26 Å². The second-order valence-electron chi connectivity index (χ2n) is 3.67. The Kier molecular flexibility index (Phi) is 3.73. The standard InChI is InChI=1S/C12H11N5O2/c1-19-12(18)9(5-13)7-14-6-8-3-2-4-10-11(8)16-17-15-10/h2-4,7,14H,6H2,1H3,(H,15,16,17). The van der Waals surface area contributed by atoms with Gasteiger partial charge in [-0.15, -0.1) is 5.10 Å². The topological polar surface area (TPSA) is 104 Å². The minimum atomic E-state index is -0.672. The highest BCUT2D eigenvalue weighted by Crippen LogP contribution is 2.13. The van der Waals surface area contributed by atoms with Gasteiger partial charge < -0.3 is 10.1 Å². The van der Waals surface area contributed by atoms with Crippen LogP contribution < -0.4 is 5.32 Å². The average molecular weight is 257 g/mol. The molecular weight excluding hydrogens is 246 g/mol. The van der Waals surface area contributed by atoms with Gasteiger partial charge >= 0.3 is 5.97 Å². The lowest BCUT2D eigenvalue weighted by Gasteiger charge is -2.02. The lowest BCUT2D eigenvalue weighted by Crippen LogP contribution is -2.11. The third-order valence-corrected chi connectivity index (χ3v) is 2.50. The fraction of sp³-hybridized carbons (Fsp3) is 0.167. The first-order valence-corrected chi connectivity index (χ1v) is 5.47. The third-order valence-electron chi connectivity index (χ3n) is 2.50. The fourth-order valence-corrected chi connectivity index (χ4v) is 1.58. The Morgan fingerprint density at radius 1 is 1.63 bits per heavy atom. The van der Waals surface area contributed by atoms with Gasteiger partial charge in [-0.2, -0.15) is 5.26 Å². The minimum Gasteiger partial charge on any atom is -0.465 e. The maximum Gasteiger partial charge on any atom is 0.350 e. The van der Waals surface area contributed by atoms with Gasteiger partial charge in [-0.05, 0) is 6.07 Å². The van der Waals surface area contributed by atoms with Crippen LogP contribution in [0.3, 0.4) is 0 Å². The van der Waals surface area contributed by atoms with Crippen LogP contribution in [0.15, 0.2) is 30.0 Å². The van der Waals surface area contributed by atoms with Crippen LogP contribution in [0, 0.1) is 11.3 Å². The number of carbonyl (C=O) groups excluding carboxylic acids is 1. The Balaban J connectivity index is 2.11. The molecule has 7 heteroatoms. The molecule has 2 rings (SSSR count). The van der Waals surface area contributed by atoms with Crippen molar-refractivity contribution in [2.75, 3.05) is 7.11 Å². The lowest BCUT2D eigenvalue weighted by molar-refractivity contribution is -0.135. The molecule has 2 aromatic rings. The summed E-state index contributed by atoms with van der Waals surface area (Å²) in [5.74, 6) is -0.672. The number of nitrogens with one attached hydrogen (secondary N) is 2. The Morgan fingerprint density at radius 3 is 3.21 bits per heavy atom. The normalized spacial score (nSPS) is 11.1. The zero-order valence-electron chi connectivity index (χ0n) is 10.2. The number of carbonyl (C=O) groups is 1. The van der Waals surface area contributed by atoms with Gasteiger partial charge in [0, 0.05) is 18.3 Å². The zero-order valence-corrected chi connectivity index (χ0v) is 10.2. The molecule has 0 amide bonds. The van der Waals surface area contributed by atoms with Crippen molar-refractivity contribution in [1.82, 2.24) is 20.7 Å². The van der Waals surface area contributed by atoms with Crippen molar-refractivity contribution in [3.63, 3.8) is 0 Å². The van der Waals surface area contributed by atoms with Crippen molar-refractivity contribution in [2.24, 2.45) is 0 Å². The second kappa shape index (κ2) is 5.64. The number of aromatic amines is 1. The van der Waals surface area contributed by atoms with E-state index < -0.39 is 5.97 Å². The van der Waals surface area contributed by atoms with E-state index in [-0.39, 0.29) is 5.57 Å². The van der Waals surface area contributed by atoms with E-state index in [0.717, 1.165) is 16.6 Å². The molecule has 0 aliphatic rings. The fourth-order valence-electron chi connectivity index (χ4n) is 1.58. The van der Waals surface area contributed by atoms with Gasteiger partial charge in [0.2, 0.25) is 0 Å². The third kappa shape index (κ3) is 2.69. The lowest BCUT2D eigenvalue weighted by atomic mass is 10.2.